The summed E-state index contributed by atoms with van der Waals surface area (Å²) in [7, 11) is 0. The van der Waals surface area contributed by atoms with Crippen molar-refractivity contribution >= 4 is 35.1 Å². The Morgan fingerprint density at radius 2 is 0.944 bits per heavy atom. The zero-order chi connectivity index (χ0) is 26.2. The van der Waals surface area contributed by atoms with Crippen molar-refractivity contribution in [1.82, 2.24) is 0 Å². The molecule has 0 atom stereocenters. The number of ether oxygens (including phenoxy) is 2. The molecule has 0 aromatic heterocycles. The van der Waals surface area contributed by atoms with Crippen molar-refractivity contribution in [1.29, 1.82) is 0 Å². The van der Waals surface area contributed by atoms with Gasteiger partial charge >= 0.3 is 11.9 Å². The maximum Gasteiger partial charge on any atom is 0.336 e. The fourth-order valence-corrected chi connectivity index (χ4v) is 3.33. The zero-order valence-electron chi connectivity index (χ0n) is 19.5. The molecular formula is C26H24N2O8. The Morgan fingerprint density at radius 3 is 1.22 bits per heavy atom. The van der Waals surface area contributed by atoms with Crippen LogP contribution in [0.2, 0.25) is 0 Å². The van der Waals surface area contributed by atoms with E-state index in [4.69, 9.17) is 9.47 Å². The topological polar surface area (TPSA) is 151 Å². The third-order valence-electron chi connectivity index (χ3n) is 4.95. The minimum atomic E-state index is -1.50. The van der Waals surface area contributed by atoms with Gasteiger partial charge in [0.25, 0.3) is 11.8 Å². The molecule has 4 N–H and O–H groups in total. The SMILES string of the molecule is CCOc1ccc(NC(=O)c2cc(C(=O)O)c(C(=O)Nc3ccc(OCC)cc3)cc2C(=O)O)cc1. The van der Waals surface area contributed by atoms with Crippen molar-refractivity contribution < 1.29 is 38.9 Å². The molecule has 0 aliphatic rings. The van der Waals surface area contributed by atoms with E-state index >= 15 is 0 Å². The van der Waals surface area contributed by atoms with E-state index in [1.54, 1.807) is 48.5 Å². The third kappa shape index (κ3) is 6.17. The Bertz CT molecular complexity index is 1180. The molecule has 0 heterocycles. The molecule has 36 heavy (non-hydrogen) atoms. The van der Waals surface area contributed by atoms with E-state index in [1.165, 1.54) is 0 Å². The molecule has 0 spiro atoms. The van der Waals surface area contributed by atoms with Gasteiger partial charge in [-0.1, -0.05) is 0 Å². The van der Waals surface area contributed by atoms with Crippen LogP contribution in [0, 0.1) is 0 Å². The summed E-state index contributed by atoms with van der Waals surface area (Å²) in [5.74, 6) is -3.54. The average Bonchev–Trinajstić information content (AvgIpc) is 2.85. The first-order valence-corrected chi connectivity index (χ1v) is 11.0. The van der Waals surface area contributed by atoms with E-state index in [0.717, 1.165) is 12.1 Å². The van der Waals surface area contributed by atoms with Crippen LogP contribution in [0.15, 0.2) is 60.7 Å². The molecule has 0 radical (unpaired) electrons. The molecule has 3 rings (SSSR count). The summed E-state index contributed by atoms with van der Waals surface area (Å²) in [5, 5.41) is 24.4. The standard InChI is InChI=1S/C26H24N2O8/c1-3-35-17-9-5-15(6-10-17)27-23(29)19-13-22(26(33)34)20(14-21(19)25(31)32)24(30)28-16-7-11-18(12-8-16)36-4-2/h5-14H,3-4H2,1-2H3,(H,27,29)(H,28,30)(H,31,32)(H,33,34). The fourth-order valence-electron chi connectivity index (χ4n) is 3.33. The lowest BCUT2D eigenvalue weighted by atomic mass is 9.96. The number of hydrogen-bond donors (Lipinski definition) is 4. The largest absolute Gasteiger partial charge is 0.494 e. The number of hydrogen-bond acceptors (Lipinski definition) is 6. The summed E-state index contributed by atoms with van der Waals surface area (Å²) in [5.41, 5.74) is -1.19. The van der Waals surface area contributed by atoms with E-state index < -0.39 is 46.0 Å². The number of carbonyl (C=O) groups is 4. The van der Waals surface area contributed by atoms with Crippen molar-refractivity contribution in [3.63, 3.8) is 0 Å². The van der Waals surface area contributed by atoms with Gasteiger partial charge in [-0.2, -0.15) is 0 Å². The summed E-state index contributed by atoms with van der Waals surface area (Å²) in [6.07, 6.45) is 0. The van der Waals surface area contributed by atoms with Gasteiger partial charge in [-0.15, -0.1) is 0 Å². The minimum absolute atomic E-state index is 0.342. The van der Waals surface area contributed by atoms with Gasteiger partial charge in [0.05, 0.1) is 35.5 Å². The zero-order valence-corrected chi connectivity index (χ0v) is 19.5. The van der Waals surface area contributed by atoms with Gasteiger partial charge in [-0.05, 0) is 74.5 Å². The van der Waals surface area contributed by atoms with E-state index in [9.17, 15) is 29.4 Å². The van der Waals surface area contributed by atoms with Crippen LogP contribution in [0.25, 0.3) is 0 Å². The van der Waals surface area contributed by atoms with Crippen LogP contribution >= 0.6 is 0 Å². The molecule has 0 aliphatic carbocycles. The van der Waals surface area contributed by atoms with Gasteiger partial charge in [0, 0.05) is 11.4 Å². The smallest absolute Gasteiger partial charge is 0.336 e. The highest BCUT2D eigenvalue weighted by Gasteiger charge is 2.26. The van der Waals surface area contributed by atoms with Crippen molar-refractivity contribution in [3.05, 3.63) is 82.9 Å². The number of carboxylic acids is 2. The van der Waals surface area contributed by atoms with Crippen molar-refractivity contribution in [2.75, 3.05) is 23.8 Å². The Balaban J connectivity index is 1.92. The molecule has 2 amide bonds. The predicted molar refractivity (Wildman–Crippen MR) is 131 cm³/mol. The first-order valence-electron chi connectivity index (χ1n) is 11.0. The Labute approximate surface area is 206 Å². The Morgan fingerprint density at radius 1 is 0.611 bits per heavy atom. The predicted octanol–water partition coefficient (Wildman–Crippen LogP) is 4.39. The van der Waals surface area contributed by atoms with Crippen molar-refractivity contribution in [3.8, 4) is 11.5 Å². The van der Waals surface area contributed by atoms with Crippen LogP contribution in [0.3, 0.4) is 0 Å². The number of amides is 2. The highest BCUT2D eigenvalue weighted by Crippen LogP contribution is 2.23. The molecule has 0 aliphatic heterocycles. The van der Waals surface area contributed by atoms with E-state index in [-0.39, 0.29) is 0 Å². The second-order valence-corrected chi connectivity index (χ2v) is 7.38. The molecule has 3 aromatic rings. The third-order valence-corrected chi connectivity index (χ3v) is 4.95. The highest BCUT2D eigenvalue weighted by atomic mass is 16.5. The monoisotopic (exact) mass is 492 g/mol. The first-order chi connectivity index (χ1) is 17.2. The molecule has 0 bridgehead atoms. The number of carbonyl (C=O) groups excluding carboxylic acids is 2. The van der Waals surface area contributed by atoms with Crippen LogP contribution in [0.1, 0.15) is 55.3 Å². The van der Waals surface area contributed by atoms with Gasteiger partial charge in [-0.3, -0.25) is 9.59 Å². The summed E-state index contributed by atoms with van der Waals surface area (Å²) in [6, 6.07) is 14.5. The first kappa shape index (κ1) is 25.8. The van der Waals surface area contributed by atoms with Crippen LogP contribution < -0.4 is 20.1 Å². The van der Waals surface area contributed by atoms with Gasteiger partial charge < -0.3 is 30.3 Å². The van der Waals surface area contributed by atoms with Crippen LogP contribution in [0.5, 0.6) is 11.5 Å². The molecule has 10 nitrogen and oxygen atoms in total. The Hall–Kier alpha value is -4.86. The van der Waals surface area contributed by atoms with Gasteiger partial charge in [0.2, 0.25) is 0 Å². The lowest BCUT2D eigenvalue weighted by Crippen LogP contribution is -2.22. The number of anilines is 2. The minimum Gasteiger partial charge on any atom is -0.494 e. The summed E-state index contributed by atoms with van der Waals surface area (Å²) in [4.78, 5) is 49.6. The summed E-state index contributed by atoms with van der Waals surface area (Å²) in [6.45, 7) is 4.57. The Kier molecular flexibility index (Phi) is 8.24. The summed E-state index contributed by atoms with van der Waals surface area (Å²) >= 11 is 0. The number of carboxylic acid groups (broad SMARTS) is 2. The van der Waals surface area contributed by atoms with E-state index in [2.05, 4.69) is 10.6 Å². The molecule has 0 saturated heterocycles. The lowest BCUT2D eigenvalue weighted by molar-refractivity contribution is 0.0677. The molecule has 0 unspecified atom stereocenters. The van der Waals surface area contributed by atoms with Crippen LogP contribution in [0.4, 0.5) is 11.4 Å². The normalized spacial score (nSPS) is 10.3. The van der Waals surface area contributed by atoms with Crippen molar-refractivity contribution in [2.45, 2.75) is 13.8 Å². The van der Waals surface area contributed by atoms with Gasteiger partial charge in [0.1, 0.15) is 11.5 Å². The fraction of sp³-hybridized carbons (Fsp3) is 0.154. The van der Waals surface area contributed by atoms with E-state index in [1.807, 2.05) is 13.8 Å². The number of aromatic carboxylic acids is 2. The van der Waals surface area contributed by atoms with Crippen molar-refractivity contribution in [2.24, 2.45) is 0 Å². The summed E-state index contributed by atoms with van der Waals surface area (Å²) < 4.78 is 10.7. The lowest BCUT2D eigenvalue weighted by Gasteiger charge is -2.13. The maximum absolute atomic E-state index is 12.9. The number of benzene rings is 3. The van der Waals surface area contributed by atoms with Crippen LogP contribution in [-0.4, -0.2) is 47.2 Å². The second kappa shape index (κ2) is 11.5. The molecule has 186 valence electrons. The molecule has 0 fully saturated rings. The second-order valence-electron chi connectivity index (χ2n) is 7.38. The number of rotatable bonds is 10. The van der Waals surface area contributed by atoms with Gasteiger partial charge in [0.15, 0.2) is 0 Å². The average molecular weight is 492 g/mol. The van der Waals surface area contributed by atoms with Gasteiger partial charge in [-0.25, -0.2) is 9.59 Å². The number of nitrogens with one attached hydrogen (secondary N) is 2. The van der Waals surface area contributed by atoms with Crippen LogP contribution in [-0.2, 0) is 0 Å². The molecule has 0 saturated carbocycles. The molecule has 3 aromatic carbocycles. The highest BCUT2D eigenvalue weighted by molar-refractivity contribution is 6.16. The maximum atomic E-state index is 12.9. The quantitative estimate of drug-likeness (QED) is 0.325. The molecule has 10 heteroatoms. The van der Waals surface area contributed by atoms with E-state index in [0.29, 0.717) is 36.1 Å². The molecular weight excluding hydrogens is 468 g/mol.